The van der Waals surface area contributed by atoms with Gasteiger partial charge >= 0.3 is 0 Å². The zero-order chi connectivity index (χ0) is 18.3. The van der Waals surface area contributed by atoms with E-state index in [1.807, 2.05) is 4.90 Å². The van der Waals surface area contributed by atoms with Gasteiger partial charge in [0.05, 0.1) is 19.4 Å². The summed E-state index contributed by atoms with van der Waals surface area (Å²) in [5.41, 5.74) is 3.44. The molecule has 0 atom stereocenters. The van der Waals surface area contributed by atoms with Crippen LogP contribution in [0.4, 0.5) is 0 Å². The Labute approximate surface area is 165 Å². The van der Waals surface area contributed by atoms with E-state index in [1.165, 1.54) is 27.2 Å². The fourth-order valence-electron chi connectivity index (χ4n) is 3.19. The maximum Gasteiger partial charge on any atom is 0.274 e. The quantitative estimate of drug-likeness (QED) is 0.591. The van der Waals surface area contributed by atoms with Gasteiger partial charge in [-0.3, -0.25) is 4.79 Å². The summed E-state index contributed by atoms with van der Waals surface area (Å²) in [6, 6.07) is 7.79. The van der Waals surface area contributed by atoms with E-state index >= 15 is 0 Å². The van der Waals surface area contributed by atoms with E-state index in [0.717, 1.165) is 23.6 Å². The van der Waals surface area contributed by atoms with E-state index in [4.69, 9.17) is 16.3 Å². The molecule has 136 valence electrons. The van der Waals surface area contributed by atoms with E-state index < -0.39 is 0 Å². The van der Waals surface area contributed by atoms with Crippen molar-refractivity contribution in [2.45, 2.75) is 32.8 Å². The molecular weight excluding hydrogens is 388 g/mol. The number of benzene rings is 1. The molecule has 0 bridgehead atoms. The number of nitrogens with zero attached hydrogens (tertiary/aromatic N) is 2. The van der Waals surface area contributed by atoms with Crippen molar-refractivity contribution in [3.63, 3.8) is 0 Å². The number of carbonyl (C=O) groups is 1. The van der Waals surface area contributed by atoms with Crippen LogP contribution >= 0.6 is 34.3 Å². The van der Waals surface area contributed by atoms with Crippen LogP contribution in [-0.4, -0.2) is 35.0 Å². The van der Waals surface area contributed by atoms with Gasteiger partial charge < -0.3 is 9.64 Å². The zero-order valence-corrected chi connectivity index (χ0v) is 17.0. The van der Waals surface area contributed by atoms with Crippen LogP contribution in [0.1, 0.15) is 33.6 Å². The summed E-state index contributed by atoms with van der Waals surface area (Å²) in [6.45, 7) is 5.57. The number of thiophene rings is 1. The normalized spacial score (nSPS) is 15.6. The summed E-state index contributed by atoms with van der Waals surface area (Å²) >= 11 is 8.88. The van der Waals surface area contributed by atoms with Crippen molar-refractivity contribution in [3.8, 4) is 5.19 Å². The van der Waals surface area contributed by atoms with Gasteiger partial charge in [0, 0.05) is 25.9 Å². The topological polar surface area (TPSA) is 42.4 Å². The summed E-state index contributed by atoms with van der Waals surface area (Å²) in [5.74, 6) is 0.0617. The van der Waals surface area contributed by atoms with Crippen molar-refractivity contribution >= 4 is 50.4 Å². The third-order valence-corrected chi connectivity index (χ3v) is 7.00. The summed E-state index contributed by atoms with van der Waals surface area (Å²) < 4.78 is 7.98. The minimum atomic E-state index is 0.0617. The maximum atomic E-state index is 12.5. The first kappa shape index (κ1) is 17.8. The SMILES string of the molecule is Cc1ccc(C)c2sc(OC3CCN(C(=O)c4ccc(Cl)s4)CC3)nc12. The van der Waals surface area contributed by atoms with Gasteiger partial charge in [-0.1, -0.05) is 35.1 Å². The Balaban J connectivity index is 1.40. The number of ether oxygens (including phenoxy) is 1. The van der Waals surface area contributed by atoms with Crippen molar-refractivity contribution < 1.29 is 9.53 Å². The standard InChI is InChI=1S/C19H19ClN2O2S2/c1-11-3-4-12(2)17-16(11)21-19(26-17)24-13-7-9-22(10-8-13)18(23)14-5-6-15(20)25-14/h3-6,13H,7-10H2,1-2H3. The number of fused-ring (bicyclic) bond motifs is 1. The van der Waals surface area contributed by atoms with E-state index in [0.29, 0.717) is 22.3 Å². The number of amides is 1. The van der Waals surface area contributed by atoms with Gasteiger partial charge in [0.25, 0.3) is 11.1 Å². The molecule has 1 saturated heterocycles. The van der Waals surface area contributed by atoms with Crippen molar-refractivity contribution in [2.75, 3.05) is 13.1 Å². The van der Waals surface area contributed by atoms with Crippen molar-refractivity contribution in [2.24, 2.45) is 0 Å². The molecule has 1 fully saturated rings. The highest BCUT2D eigenvalue weighted by atomic mass is 35.5. The van der Waals surface area contributed by atoms with Crippen LogP contribution in [-0.2, 0) is 0 Å². The Hall–Kier alpha value is -1.63. The third-order valence-electron chi connectivity index (χ3n) is 4.70. The number of thiazole rings is 1. The summed E-state index contributed by atoms with van der Waals surface area (Å²) in [6.07, 6.45) is 1.74. The first-order valence-corrected chi connectivity index (χ1v) is 10.6. The second kappa shape index (κ2) is 7.18. The van der Waals surface area contributed by atoms with Crippen LogP contribution in [0.25, 0.3) is 10.2 Å². The lowest BCUT2D eigenvalue weighted by molar-refractivity contribution is 0.0600. The molecule has 2 aromatic heterocycles. The van der Waals surface area contributed by atoms with Crippen LogP contribution in [0.2, 0.25) is 4.34 Å². The highest BCUT2D eigenvalue weighted by molar-refractivity contribution is 7.20. The molecule has 0 unspecified atom stereocenters. The average Bonchev–Trinajstić information content (AvgIpc) is 3.25. The van der Waals surface area contributed by atoms with Crippen molar-refractivity contribution in [1.82, 2.24) is 9.88 Å². The highest BCUT2D eigenvalue weighted by Gasteiger charge is 2.26. The summed E-state index contributed by atoms with van der Waals surface area (Å²) in [5, 5.41) is 0.729. The molecule has 0 spiro atoms. The number of likely N-dealkylation sites (tertiary alicyclic amines) is 1. The van der Waals surface area contributed by atoms with Crippen LogP contribution < -0.4 is 4.74 Å². The van der Waals surface area contributed by atoms with Gasteiger partial charge in [-0.2, -0.15) is 0 Å². The Morgan fingerprint density at radius 2 is 1.88 bits per heavy atom. The number of aromatic nitrogens is 1. The fraction of sp³-hybridized carbons (Fsp3) is 0.368. The van der Waals surface area contributed by atoms with Gasteiger partial charge in [-0.25, -0.2) is 4.98 Å². The molecular formula is C19H19ClN2O2S2. The van der Waals surface area contributed by atoms with Crippen molar-refractivity contribution in [3.05, 3.63) is 44.6 Å². The number of hydrogen-bond donors (Lipinski definition) is 0. The Kier molecular flexibility index (Phi) is 4.90. The van der Waals surface area contributed by atoms with Crippen molar-refractivity contribution in [1.29, 1.82) is 0 Å². The van der Waals surface area contributed by atoms with Crippen LogP contribution in [0.5, 0.6) is 5.19 Å². The Morgan fingerprint density at radius 3 is 2.54 bits per heavy atom. The predicted octanol–water partition coefficient (Wildman–Crippen LogP) is 5.31. The molecule has 1 aliphatic heterocycles. The molecule has 4 nitrogen and oxygen atoms in total. The number of halogens is 1. The second-order valence-corrected chi connectivity index (χ2v) is 9.25. The van der Waals surface area contributed by atoms with Gasteiger partial charge in [0.15, 0.2) is 0 Å². The molecule has 0 aliphatic carbocycles. The largest absolute Gasteiger partial charge is 0.467 e. The number of aryl methyl sites for hydroxylation is 2. The zero-order valence-electron chi connectivity index (χ0n) is 14.6. The molecule has 1 aliphatic rings. The lowest BCUT2D eigenvalue weighted by Gasteiger charge is -2.31. The van der Waals surface area contributed by atoms with Gasteiger partial charge in [0.2, 0.25) is 0 Å². The molecule has 3 heterocycles. The lowest BCUT2D eigenvalue weighted by atomic mass is 10.1. The summed E-state index contributed by atoms with van der Waals surface area (Å²) in [7, 11) is 0. The molecule has 1 aromatic carbocycles. The number of rotatable bonds is 3. The van der Waals surface area contributed by atoms with Gasteiger partial charge in [0.1, 0.15) is 6.10 Å². The second-order valence-electron chi connectivity index (χ2n) is 6.57. The van der Waals surface area contributed by atoms with Crippen LogP contribution in [0, 0.1) is 13.8 Å². The molecule has 1 amide bonds. The number of hydrogen-bond acceptors (Lipinski definition) is 5. The molecule has 3 aromatic rings. The fourth-order valence-corrected chi connectivity index (χ4v) is 5.23. The predicted molar refractivity (Wildman–Crippen MR) is 108 cm³/mol. The number of piperidine rings is 1. The smallest absolute Gasteiger partial charge is 0.274 e. The van der Waals surface area contributed by atoms with Crippen LogP contribution in [0.15, 0.2) is 24.3 Å². The van der Waals surface area contributed by atoms with Crippen LogP contribution in [0.3, 0.4) is 0 Å². The monoisotopic (exact) mass is 406 g/mol. The first-order chi connectivity index (χ1) is 12.5. The first-order valence-electron chi connectivity index (χ1n) is 8.59. The number of carbonyl (C=O) groups excluding carboxylic acids is 1. The van der Waals surface area contributed by atoms with Gasteiger partial charge in [-0.05, 0) is 37.1 Å². The molecule has 0 saturated carbocycles. The van der Waals surface area contributed by atoms with E-state index in [9.17, 15) is 4.79 Å². The molecule has 26 heavy (non-hydrogen) atoms. The third kappa shape index (κ3) is 3.46. The average molecular weight is 407 g/mol. The highest BCUT2D eigenvalue weighted by Crippen LogP contribution is 2.34. The molecule has 0 N–H and O–H groups in total. The minimum absolute atomic E-state index is 0.0617. The van der Waals surface area contributed by atoms with E-state index in [2.05, 4.69) is 31.0 Å². The molecule has 4 rings (SSSR count). The maximum absolute atomic E-state index is 12.5. The van der Waals surface area contributed by atoms with E-state index in [1.54, 1.807) is 23.5 Å². The summed E-state index contributed by atoms with van der Waals surface area (Å²) in [4.78, 5) is 19.8. The molecule has 7 heteroatoms. The van der Waals surface area contributed by atoms with E-state index in [-0.39, 0.29) is 12.0 Å². The lowest BCUT2D eigenvalue weighted by Crippen LogP contribution is -2.41. The Bertz CT molecular complexity index is 919. The van der Waals surface area contributed by atoms with Gasteiger partial charge in [-0.15, -0.1) is 11.3 Å². The molecule has 0 radical (unpaired) electrons. The Morgan fingerprint density at radius 1 is 1.15 bits per heavy atom. The minimum Gasteiger partial charge on any atom is -0.467 e.